The summed E-state index contributed by atoms with van der Waals surface area (Å²) in [6.07, 6.45) is -3.71. The summed E-state index contributed by atoms with van der Waals surface area (Å²) in [6, 6.07) is 0.921. The zero-order valence-electron chi connectivity index (χ0n) is 6.10. The first-order valence-corrected chi connectivity index (χ1v) is 3.51. The van der Waals surface area contributed by atoms with E-state index < -0.39 is 17.4 Å². The molecule has 0 atom stereocenters. The van der Waals surface area contributed by atoms with E-state index in [9.17, 15) is 18.0 Å². The van der Waals surface area contributed by atoms with Gasteiger partial charge in [-0.1, -0.05) is 11.6 Å². The van der Waals surface area contributed by atoms with Crippen molar-refractivity contribution in [3.63, 3.8) is 0 Å². The van der Waals surface area contributed by atoms with Gasteiger partial charge < -0.3 is 0 Å². The molecular weight excluding hydrogens is 207 g/mol. The molecule has 0 fully saturated rings. The maximum Gasteiger partial charge on any atom is 0.434 e. The SMILES string of the molecule is O=Cc1cc(Cl)cnc1C(F)(F)F. The molecule has 6 heteroatoms. The summed E-state index contributed by atoms with van der Waals surface area (Å²) < 4.78 is 36.3. The zero-order chi connectivity index (χ0) is 10.1. The van der Waals surface area contributed by atoms with E-state index in [-0.39, 0.29) is 11.3 Å². The fourth-order valence-corrected chi connectivity index (χ4v) is 0.948. The molecule has 1 aromatic rings. The molecule has 0 unspecified atom stereocenters. The van der Waals surface area contributed by atoms with Crippen LogP contribution in [0.4, 0.5) is 13.2 Å². The summed E-state index contributed by atoms with van der Waals surface area (Å²) in [7, 11) is 0. The maximum absolute atomic E-state index is 12.1. The lowest BCUT2D eigenvalue weighted by atomic mass is 10.2. The van der Waals surface area contributed by atoms with Gasteiger partial charge in [-0.3, -0.25) is 4.79 Å². The molecule has 1 aromatic heterocycles. The van der Waals surface area contributed by atoms with Crippen LogP contribution < -0.4 is 0 Å². The molecule has 0 spiro atoms. The van der Waals surface area contributed by atoms with Crippen LogP contribution in [0.1, 0.15) is 16.1 Å². The summed E-state index contributed by atoms with van der Waals surface area (Å²) in [4.78, 5) is 13.3. The van der Waals surface area contributed by atoms with Gasteiger partial charge in [0.1, 0.15) is 0 Å². The van der Waals surface area contributed by atoms with Crippen molar-refractivity contribution in [2.45, 2.75) is 6.18 Å². The Labute approximate surface area is 76.3 Å². The molecule has 0 aromatic carbocycles. The molecule has 0 saturated heterocycles. The molecule has 0 bridgehead atoms. The smallest absolute Gasteiger partial charge is 0.298 e. The standard InChI is InChI=1S/C7H3ClF3NO/c8-5-1-4(3-13)6(12-2-5)7(9,10)11/h1-3H. The maximum atomic E-state index is 12.1. The molecule has 70 valence electrons. The second-order valence-electron chi connectivity index (χ2n) is 2.21. The summed E-state index contributed by atoms with van der Waals surface area (Å²) in [5.41, 5.74) is -1.77. The Balaban J connectivity index is 3.29. The minimum Gasteiger partial charge on any atom is -0.298 e. The Hall–Kier alpha value is -1.10. The Morgan fingerprint density at radius 2 is 2.08 bits per heavy atom. The zero-order valence-corrected chi connectivity index (χ0v) is 6.86. The summed E-state index contributed by atoms with van der Waals surface area (Å²) in [6.45, 7) is 0. The highest BCUT2D eigenvalue weighted by molar-refractivity contribution is 6.30. The van der Waals surface area contributed by atoms with Crippen LogP contribution in [0, 0.1) is 0 Å². The normalized spacial score (nSPS) is 11.4. The van der Waals surface area contributed by atoms with Crippen molar-refractivity contribution in [1.82, 2.24) is 4.98 Å². The fourth-order valence-electron chi connectivity index (χ4n) is 0.782. The average molecular weight is 210 g/mol. The first kappa shape index (κ1) is 9.98. The highest BCUT2D eigenvalue weighted by atomic mass is 35.5. The van der Waals surface area contributed by atoms with Gasteiger partial charge in [0.25, 0.3) is 0 Å². The lowest BCUT2D eigenvalue weighted by molar-refractivity contribution is -0.141. The van der Waals surface area contributed by atoms with Crippen LogP contribution in [-0.4, -0.2) is 11.3 Å². The van der Waals surface area contributed by atoms with Gasteiger partial charge in [-0.15, -0.1) is 0 Å². The van der Waals surface area contributed by atoms with Crippen molar-refractivity contribution in [2.24, 2.45) is 0 Å². The van der Waals surface area contributed by atoms with E-state index in [1.165, 1.54) is 0 Å². The Morgan fingerprint density at radius 1 is 1.46 bits per heavy atom. The van der Waals surface area contributed by atoms with Crippen molar-refractivity contribution in [2.75, 3.05) is 0 Å². The van der Waals surface area contributed by atoms with Gasteiger partial charge in [0.05, 0.1) is 5.02 Å². The predicted molar refractivity (Wildman–Crippen MR) is 39.6 cm³/mol. The van der Waals surface area contributed by atoms with E-state index in [1.807, 2.05) is 0 Å². The van der Waals surface area contributed by atoms with Crippen LogP contribution in [0.3, 0.4) is 0 Å². The van der Waals surface area contributed by atoms with E-state index in [0.717, 1.165) is 12.3 Å². The molecule has 1 heterocycles. The molecule has 0 amide bonds. The minimum absolute atomic E-state index is 0.00454. The van der Waals surface area contributed by atoms with Crippen LogP contribution in [0.15, 0.2) is 12.3 Å². The van der Waals surface area contributed by atoms with Crippen LogP contribution in [0.25, 0.3) is 0 Å². The van der Waals surface area contributed by atoms with Gasteiger partial charge in [0.15, 0.2) is 12.0 Å². The summed E-state index contributed by atoms with van der Waals surface area (Å²) in [5.74, 6) is 0. The molecule has 0 aliphatic heterocycles. The van der Waals surface area contributed by atoms with E-state index in [2.05, 4.69) is 4.98 Å². The van der Waals surface area contributed by atoms with E-state index in [4.69, 9.17) is 11.6 Å². The van der Waals surface area contributed by atoms with Gasteiger partial charge in [-0.2, -0.15) is 13.2 Å². The number of hydrogen-bond acceptors (Lipinski definition) is 2. The number of nitrogens with zero attached hydrogens (tertiary/aromatic N) is 1. The molecule has 0 aliphatic carbocycles. The second-order valence-corrected chi connectivity index (χ2v) is 2.64. The van der Waals surface area contributed by atoms with Gasteiger partial charge in [0, 0.05) is 11.8 Å². The summed E-state index contributed by atoms with van der Waals surface area (Å²) in [5, 5.41) is -0.00454. The number of hydrogen-bond donors (Lipinski definition) is 0. The number of rotatable bonds is 1. The van der Waals surface area contributed by atoms with Gasteiger partial charge >= 0.3 is 6.18 Å². The molecule has 2 nitrogen and oxygen atoms in total. The molecule has 1 rings (SSSR count). The van der Waals surface area contributed by atoms with Crippen molar-refractivity contribution < 1.29 is 18.0 Å². The molecule has 0 N–H and O–H groups in total. The quantitative estimate of drug-likeness (QED) is 0.666. The molecule has 0 radical (unpaired) electrons. The first-order valence-electron chi connectivity index (χ1n) is 3.13. The Bertz CT molecular complexity index is 337. The number of aldehydes is 1. The van der Waals surface area contributed by atoms with Crippen molar-refractivity contribution in [1.29, 1.82) is 0 Å². The Morgan fingerprint density at radius 3 is 2.54 bits per heavy atom. The number of halogens is 4. The minimum atomic E-state index is -4.62. The molecule has 0 saturated carbocycles. The van der Waals surface area contributed by atoms with E-state index in [1.54, 1.807) is 0 Å². The predicted octanol–water partition coefficient (Wildman–Crippen LogP) is 2.57. The number of aromatic nitrogens is 1. The van der Waals surface area contributed by atoms with Crippen LogP contribution in [0.5, 0.6) is 0 Å². The number of carbonyl (C=O) groups is 1. The Kier molecular flexibility index (Phi) is 2.56. The van der Waals surface area contributed by atoms with E-state index in [0.29, 0.717) is 0 Å². The second kappa shape index (κ2) is 3.33. The lowest BCUT2D eigenvalue weighted by Crippen LogP contribution is -2.11. The van der Waals surface area contributed by atoms with E-state index >= 15 is 0 Å². The lowest BCUT2D eigenvalue weighted by Gasteiger charge is -2.07. The van der Waals surface area contributed by atoms with Gasteiger partial charge in [-0.25, -0.2) is 4.98 Å². The number of carbonyl (C=O) groups excluding carboxylic acids is 1. The number of alkyl halides is 3. The van der Waals surface area contributed by atoms with Crippen molar-refractivity contribution >= 4 is 17.9 Å². The van der Waals surface area contributed by atoms with Crippen molar-refractivity contribution in [3.8, 4) is 0 Å². The fraction of sp³-hybridized carbons (Fsp3) is 0.143. The molecule has 0 aliphatic rings. The highest BCUT2D eigenvalue weighted by Crippen LogP contribution is 2.30. The van der Waals surface area contributed by atoms with Crippen LogP contribution in [-0.2, 0) is 6.18 Å². The van der Waals surface area contributed by atoms with Gasteiger partial charge in [-0.05, 0) is 6.07 Å². The summed E-state index contributed by atoms with van der Waals surface area (Å²) >= 11 is 5.36. The van der Waals surface area contributed by atoms with Gasteiger partial charge in [0.2, 0.25) is 0 Å². The third-order valence-corrected chi connectivity index (χ3v) is 1.49. The monoisotopic (exact) mass is 209 g/mol. The first-order chi connectivity index (χ1) is 5.95. The molecule has 13 heavy (non-hydrogen) atoms. The van der Waals surface area contributed by atoms with Crippen LogP contribution in [0.2, 0.25) is 5.02 Å². The van der Waals surface area contributed by atoms with Crippen molar-refractivity contribution in [3.05, 3.63) is 28.5 Å². The van der Waals surface area contributed by atoms with Crippen LogP contribution >= 0.6 is 11.6 Å². The third kappa shape index (κ3) is 2.18. The highest BCUT2D eigenvalue weighted by Gasteiger charge is 2.35. The number of pyridine rings is 1. The average Bonchev–Trinajstić information content (AvgIpc) is 2.01. The third-order valence-electron chi connectivity index (χ3n) is 1.28. The topological polar surface area (TPSA) is 30.0 Å². The molecular formula is C7H3ClF3NO. The largest absolute Gasteiger partial charge is 0.434 e.